The number of benzene rings is 1. The lowest BCUT2D eigenvalue weighted by Crippen LogP contribution is -2.38. The van der Waals surface area contributed by atoms with E-state index in [0.29, 0.717) is 37.2 Å². The molecule has 1 amide bonds. The smallest absolute Gasteiger partial charge is 0.233 e. The molecule has 17 heavy (non-hydrogen) atoms. The number of rotatable bonds is 1. The molecule has 1 fully saturated rings. The van der Waals surface area contributed by atoms with E-state index in [4.69, 9.17) is 47.0 Å². The second-order valence-corrected chi connectivity index (χ2v) is 6.26. The lowest BCUT2D eigenvalue weighted by molar-refractivity contribution is -0.117. The van der Waals surface area contributed by atoms with Crippen LogP contribution < -0.4 is 4.90 Å². The molecule has 0 aromatic heterocycles. The molecule has 2 nitrogen and oxygen atoms in total. The van der Waals surface area contributed by atoms with Gasteiger partial charge in [-0.1, -0.05) is 58.8 Å². The summed E-state index contributed by atoms with van der Waals surface area (Å²) in [5, 5.41) is 1.05. The van der Waals surface area contributed by atoms with Crippen molar-refractivity contribution in [2.75, 3.05) is 10.7 Å². The van der Waals surface area contributed by atoms with Crippen molar-refractivity contribution in [3.63, 3.8) is 0 Å². The van der Waals surface area contributed by atoms with Crippen LogP contribution in [0, 0.1) is 0 Å². The van der Waals surface area contributed by atoms with Crippen molar-refractivity contribution in [3.05, 3.63) is 27.2 Å². The normalized spacial score (nSPS) is 16.5. The van der Waals surface area contributed by atoms with Crippen molar-refractivity contribution in [2.24, 2.45) is 0 Å². The minimum atomic E-state index is -0.0750. The lowest BCUT2D eigenvalue weighted by atomic mass is 10.2. The van der Waals surface area contributed by atoms with Crippen LogP contribution in [-0.4, -0.2) is 16.0 Å². The Balaban J connectivity index is 2.48. The Morgan fingerprint density at radius 3 is 2.47 bits per heavy atom. The number of anilines is 1. The molecule has 1 aliphatic heterocycles. The SMILES string of the molecule is O=C1CCSC(=S)N1c1cc(Cl)c(Cl)cc1Cl. The second-order valence-electron chi connectivity index (χ2n) is 3.31. The standard InChI is InChI=1S/C10H6Cl3NOS2/c11-5-3-7(13)8(4-6(5)12)14-9(15)1-2-17-10(14)16/h3-4H,1-2H2. The first-order valence-electron chi connectivity index (χ1n) is 4.65. The van der Waals surface area contributed by atoms with Crippen LogP contribution >= 0.6 is 58.8 Å². The fraction of sp³-hybridized carbons (Fsp3) is 0.200. The van der Waals surface area contributed by atoms with Gasteiger partial charge >= 0.3 is 0 Å². The van der Waals surface area contributed by atoms with Gasteiger partial charge in [0.25, 0.3) is 0 Å². The highest BCUT2D eigenvalue weighted by Gasteiger charge is 2.27. The van der Waals surface area contributed by atoms with E-state index in [1.807, 2.05) is 0 Å². The summed E-state index contributed by atoms with van der Waals surface area (Å²) in [6.07, 6.45) is 0.432. The molecule has 1 aromatic carbocycles. The average molecular weight is 327 g/mol. The van der Waals surface area contributed by atoms with Gasteiger partial charge in [0.15, 0.2) is 0 Å². The second kappa shape index (κ2) is 5.33. The van der Waals surface area contributed by atoms with Crippen molar-refractivity contribution < 1.29 is 4.79 Å². The number of halogens is 3. The molecule has 90 valence electrons. The molecule has 0 aliphatic carbocycles. The molecular formula is C10H6Cl3NOS2. The maximum atomic E-state index is 11.8. The van der Waals surface area contributed by atoms with Gasteiger partial charge < -0.3 is 0 Å². The Kier molecular flexibility index (Phi) is 4.21. The number of amides is 1. The predicted octanol–water partition coefficient (Wildman–Crippen LogP) is 4.40. The van der Waals surface area contributed by atoms with E-state index in [2.05, 4.69) is 0 Å². The molecule has 2 rings (SSSR count). The Morgan fingerprint density at radius 2 is 1.82 bits per heavy atom. The molecular weight excluding hydrogens is 321 g/mol. The first-order valence-corrected chi connectivity index (χ1v) is 7.17. The molecule has 0 atom stereocenters. The van der Waals surface area contributed by atoms with Crippen LogP contribution in [0.4, 0.5) is 5.69 Å². The fourth-order valence-corrected chi connectivity index (χ4v) is 3.28. The molecule has 1 heterocycles. The summed E-state index contributed by atoms with van der Waals surface area (Å²) in [5.41, 5.74) is 0.489. The van der Waals surface area contributed by atoms with E-state index in [0.717, 1.165) is 0 Å². The molecule has 0 spiro atoms. The van der Waals surface area contributed by atoms with Crippen LogP contribution in [0.25, 0.3) is 0 Å². The van der Waals surface area contributed by atoms with E-state index < -0.39 is 0 Å². The first-order chi connectivity index (χ1) is 8.00. The summed E-state index contributed by atoms with van der Waals surface area (Å²) in [7, 11) is 0. The minimum absolute atomic E-state index is 0.0750. The van der Waals surface area contributed by atoms with Gasteiger partial charge in [-0.2, -0.15) is 0 Å². The highest BCUT2D eigenvalue weighted by Crippen LogP contribution is 2.37. The van der Waals surface area contributed by atoms with Crippen LogP contribution in [0.3, 0.4) is 0 Å². The minimum Gasteiger partial charge on any atom is -0.274 e. The fourth-order valence-electron chi connectivity index (χ4n) is 1.42. The van der Waals surface area contributed by atoms with E-state index in [9.17, 15) is 4.79 Å². The summed E-state index contributed by atoms with van der Waals surface area (Å²) in [5.74, 6) is 0.627. The highest BCUT2D eigenvalue weighted by atomic mass is 35.5. The van der Waals surface area contributed by atoms with Gasteiger partial charge in [-0.05, 0) is 12.1 Å². The molecule has 7 heteroatoms. The Bertz CT molecular complexity index is 491. The van der Waals surface area contributed by atoms with Crippen molar-refractivity contribution in [1.82, 2.24) is 0 Å². The first kappa shape index (κ1) is 13.4. The molecule has 1 aromatic rings. The summed E-state index contributed by atoms with van der Waals surface area (Å²) >= 11 is 24.4. The number of nitrogens with zero attached hydrogens (tertiary/aromatic N) is 1. The zero-order chi connectivity index (χ0) is 12.6. The topological polar surface area (TPSA) is 20.3 Å². The monoisotopic (exact) mass is 325 g/mol. The average Bonchev–Trinajstić information content (AvgIpc) is 2.25. The summed E-state index contributed by atoms with van der Waals surface area (Å²) in [6.45, 7) is 0. The van der Waals surface area contributed by atoms with Gasteiger partial charge in [-0.3, -0.25) is 9.69 Å². The third kappa shape index (κ3) is 2.71. The van der Waals surface area contributed by atoms with Gasteiger partial charge in [-0.25, -0.2) is 0 Å². The third-order valence-corrected chi connectivity index (χ3v) is 4.60. The predicted molar refractivity (Wildman–Crippen MR) is 78.6 cm³/mol. The van der Waals surface area contributed by atoms with Gasteiger partial charge in [-0.15, -0.1) is 0 Å². The van der Waals surface area contributed by atoms with Crippen molar-refractivity contribution in [2.45, 2.75) is 6.42 Å². The van der Waals surface area contributed by atoms with Gasteiger partial charge in [0.05, 0.1) is 20.8 Å². The largest absolute Gasteiger partial charge is 0.274 e. The van der Waals surface area contributed by atoms with E-state index in [-0.39, 0.29) is 5.91 Å². The number of carbonyl (C=O) groups is 1. The molecule has 0 radical (unpaired) electrons. The molecule has 0 N–H and O–H groups in total. The quantitative estimate of drug-likeness (QED) is 0.563. The van der Waals surface area contributed by atoms with E-state index in [1.165, 1.54) is 22.7 Å². The van der Waals surface area contributed by atoms with E-state index in [1.54, 1.807) is 6.07 Å². The molecule has 0 unspecified atom stereocenters. The zero-order valence-electron chi connectivity index (χ0n) is 8.37. The molecule has 0 saturated carbocycles. The molecule has 1 saturated heterocycles. The van der Waals surface area contributed by atoms with Crippen LogP contribution in [0.1, 0.15) is 6.42 Å². The van der Waals surface area contributed by atoms with Crippen molar-refractivity contribution >= 4 is 74.7 Å². The number of hydrogen-bond donors (Lipinski definition) is 0. The molecule has 0 bridgehead atoms. The summed E-state index contributed by atoms with van der Waals surface area (Å²) in [4.78, 5) is 13.3. The van der Waals surface area contributed by atoms with Gasteiger partial charge in [0.2, 0.25) is 5.91 Å². The lowest BCUT2D eigenvalue weighted by Gasteiger charge is -2.27. The van der Waals surface area contributed by atoms with Crippen LogP contribution in [0.5, 0.6) is 0 Å². The van der Waals surface area contributed by atoms with Crippen LogP contribution in [0.15, 0.2) is 12.1 Å². The van der Waals surface area contributed by atoms with E-state index >= 15 is 0 Å². The highest BCUT2D eigenvalue weighted by molar-refractivity contribution is 8.23. The van der Waals surface area contributed by atoms with Crippen LogP contribution in [-0.2, 0) is 4.79 Å². The Hall–Kier alpha value is -0.000000000000000167. The number of thioether (sulfide) groups is 1. The summed E-state index contributed by atoms with van der Waals surface area (Å²) in [6, 6.07) is 3.07. The number of carbonyl (C=O) groups excluding carboxylic acids is 1. The van der Waals surface area contributed by atoms with Crippen LogP contribution in [0.2, 0.25) is 15.1 Å². The Labute approximate surface area is 123 Å². The third-order valence-electron chi connectivity index (χ3n) is 2.20. The van der Waals surface area contributed by atoms with Gasteiger partial charge in [0, 0.05) is 12.2 Å². The number of hydrogen-bond acceptors (Lipinski definition) is 3. The molecule has 1 aliphatic rings. The van der Waals surface area contributed by atoms with Crippen molar-refractivity contribution in [3.8, 4) is 0 Å². The summed E-state index contributed by atoms with van der Waals surface area (Å²) < 4.78 is 0.488. The maximum Gasteiger partial charge on any atom is 0.233 e. The van der Waals surface area contributed by atoms with Gasteiger partial charge in [0.1, 0.15) is 4.32 Å². The zero-order valence-corrected chi connectivity index (χ0v) is 12.3. The Morgan fingerprint density at radius 1 is 1.18 bits per heavy atom. The van der Waals surface area contributed by atoms with Crippen molar-refractivity contribution in [1.29, 1.82) is 0 Å². The maximum absolute atomic E-state index is 11.8. The number of thiocarbonyl (C=S) groups is 1.